The zero-order valence-corrected chi connectivity index (χ0v) is 16.1. The van der Waals surface area contributed by atoms with Gasteiger partial charge in [-0.3, -0.25) is 9.97 Å². The molecule has 3 rings (SSSR count). The molecule has 0 fully saturated rings. The monoisotopic (exact) mass is 380 g/mol. The maximum atomic E-state index is 12.8. The molecule has 0 saturated carbocycles. The highest BCUT2D eigenvalue weighted by Crippen LogP contribution is 2.18. The van der Waals surface area contributed by atoms with E-state index in [1.807, 2.05) is 19.1 Å². The molecule has 0 radical (unpaired) electrons. The zero-order valence-electron chi connectivity index (χ0n) is 16.1. The van der Waals surface area contributed by atoms with Crippen molar-refractivity contribution in [2.24, 2.45) is 0 Å². The Balaban J connectivity index is 1.66. The highest BCUT2D eigenvalue weighted by Gasteiger charge is 2.21. The minimum absolute atomic E-state index is 0.173. The van der Waals surface area contributed by atoms with Crippen molar-refractivity contribution in [2.75, 3.05) is 6.54 Å². The predicted octanol–water partition coefficient (Wildman–Crippen LogP) is 3.60. The molecule has 8 nitrogen and oxygen atoms in total. The number of carbonyl (C=O) groups is 1. The second-order valence-electron chi connectivity index (χ2n) is 6.50. The second kappa shape index (κ2) is 9.59. The molecule has 0 spiro atoms. The van der Waals surface area contributed by atoms with Crippen LogP contribution in [0.3, 0.4) is 0 Å². The average Bonchev–Trinajstić information content (AvgIpc) is 3.23. The van der Waals surface area contributed by atoms with Crippen LogP contribution in [0, 0.1) is 0 Å². The topological polar surface area (TPSA) is 97.0 Å². The molecule has 1 unspecified atom stereocenters. The van der Waals surface area contributed by atoms with Crippen molar-refractivity contribution in [2.45, 2.75) is 39.3 Å². The van der Waals surface area contributed by atoms with Gasteiger partial charge in [-0.05, 0) is 37.1 Å². The third-order valence-corrected chi connectivity index (χ3v) is 4.26. The van der Waals surface area contributed by atoms with Crippen LogP contribution in [-0.4, -0.2) is 37.6 Å². The van der Waals surface area contributed by atoms with Crippen molar-refractivity contribution in [3.63, 3.8) is 0 Å². The average molecular weight is 380 g/mol. The first-order valence-electron chi connectivity index (χ1n) is 9.35. The highest BCUT2D eigenvalue weighted by molar-refractivity contribution is 5.74. The van der Waals surface area contributed by atoms with Gasteiger partial charge >= 0.3 is 6.03 Å². The van der Waals surface area contributed by atoms with Crippen molar-refractivity contribution in [3.05, 3.63) is 60.5 Å². The number of carbonyl (C=O) groups excluding carboxylic acids is 1. The Hall–Kier alpha value is -3.29. The predicted molar refractivity (Wildman–Crippen MR) is 104 cm³/mol. The summed E-state index contributed by atoms with van der Waals surface area (Å²) >= 11 is 0. The van der Waals surface area contributed by atoms with Crippen molar-refractivity contribution in [1.29, 1.82) is 0 Å². The SMILES string of the molecule is CCCCN(Cc1cccnc1)C(=O)NC(C)c1nc(-c2ccncc2)no1. The van der Waals surface area contributed by atoms with Crippen LogP contribution >= 0.6 is 0 Å². The lowest BCUT2D eigenvalue weighted by molar-refractivity contribution is 0.188. The quantitative estimate of drug-likeness (QED) is 0.641. The summed E-state index contributed by atoms with van der Waals surface area (Å²) in [4.78, 5) is 27.1. The minimum atomic E-state index is -0.409. The molecule has 3 aromatic rings. The van der Waals surface area contributed by atoms with Gasteiger partial charge in [-0.25, -0.2) is 4.79 Å². The van der Waals surface area contributed by atoms with Crippen LogP contribution in [-0.2, 0) is 6.54 Å². The van der Waals surface area contributed by atoms with Gasteiger partial charge in [-0.1, -0.05) is 24.6 Å². The Bertz CT molecular complexity index is 869. The number of aromatic nitrogens is 4. The van der Waals surface area contributed by atoms with Gasteiger partial charge in [0.2, 0.25) is 11.7 Å². The van der Waals surface area contributed by atoms with Crippen molar-refractivity contribution < 1.29 is 9.32 Å². The van der Waals surface area contributed by atoms with Crippen LogP contribution in [0.5, 0.6) is 0 Å². The van der Waals surface area contributed by atoms with E-state index in [1.54, 1.807) is 41.8 Å². The number of unbranched alkanes of at least 4 members (excludes halogenated alkanes) is 1. The summed E-state index contributed by atoms with van der Waals surface area (Å²) in [7, 11) is 0. The molecule has 0 aromatic carbocycles. The Morgan fingerprint density at radius 2 is 2.04 bits per heavy atom. The fraction of sp³-hybridized carbons (Fsp3) is 0.350. The first kappa shape index (κ1) is 19.5. The summed E-state index contributed by atoms with van der Waals surface area (Å²) in [6.45, 7) is 5.08. The van der Waals surface area contributed by atoms with E-state index in [1.165, 1.54) is 0 Å². The zero-order chi connectivity index (χ0) is 19.8. The summed E-state index contributed by atoms with van der Waals surface area (Å²) in [6.07, 6.45) is 8.76. The third kappa shape index (κ3) is 5.12. The van der Waals surface area contributed by atoms with E-state index in [2.05, 4.69) is 32.3 Å². The number of hydrogen-bond donors (Lipinski definition) is 1. The van der Waals surface area contributed by atoms with E-state index in [9.17, 15) is 4.79 Å². The lowest BCUT2D eigenvalue weighted by Gasteiger charge is -2.24. The first-order valence-corrected chi connectivity index (χ1v) is 9.35. The van der Waals surface area contributed by atoms with E-state index < -0.39 is 6.04 Å². The smallest absolute Gasteiger partial charge is 0.318 e. The molecule has 0 aliphatic carbocycles. The molecule has 0 aliphatic heterocycles. The number of pyridine rings is 2. The Morgan fingerprint density at radius 1 is 1.21 bits per heavy atom. The number of hydrogen-bond acceptors (Lipinski definition) is 6. The molecule has 3 heterocycles. The Labute approximate surface area is 164 Å². The number of nitrogens with one attached hydrogen (secondary N) is 1. The Kier molecular flexibility index (Phi) is 6.67. The number of urea groups is 1. The summed E-state index contributed by atoms with van der Waals surface area (Å²) in [5, 5.41) is 6.94. The van der Waals surface area contributed by atoms with Gasteiger partial charge < -0.3 is 14.7 Å². The van der Waals surface area contributed by atoms with E-state index in [4.69, 9.17) is 4.52 Å². The molecule has 146 valence electrons. The first-order chi connectivity index (χ1) is 13.7. The maximum Gasteiger partial charge on any atom is 0.318 e. The van der Waals surface area contributed by atoms with Gasteiger partial charge in [0.15, 0.2) is 0 Å². The Morgan fingerprint density at radius 3 is 2.75 bits per heavy atom. The molecule has 2 amide bonds. The largest absolute Gasteiger partial charge is 0.337 e. The van der Waals surface area contributed by atoms with Gasteiger partial charge in [0.05, 0.1) is 0 Å². The number of nitrogens with zero attached hydrogens (tertiary/aromatic N) is 5. The van der Waals surface area contributed by atoms with Crippen LogP contribution in [0.1, 0.15) is 44.2 Å². The highest BCUT2D eigenvalue weighted by atomic mass is 16.5. The normalized spacial score (nSPS) is 11.8. The molecular weight excluding hydrogens is 356 g/mol. The molecule has 0 bridgehead atoms. The van der Waals surface area contributed by atoms with Gasteiger partial charge in [-0.15, -0.1) is 0 Å². The molecule has 28 heavy (non-hydrogen) atoms. The van der Waals surface area contributed by atoms with Gasteiger partial charge in [0, 0.05) is 43.4 Å². The fourth-order valence-electron chi connectivity index (χ4n) is 2.68. The van der Waals surface area contributed by atoms with Gasteiger partial charge in [-0.2, -0.15) is 4.98 Å². The van der Waals surface area contributed by atoms with Crippen LogP contribution in [0.15, 0.2) is 53.6 Å². The maximum absolute atomic E-state index is 12.8. The molecule has 1 N–H and O–H groups in total. The summed E-state index contributed by atoms with van der Waals surface area (Å²) < 4.78 is 5.34. The second-order valence-corrected chi connectivity index (χ2v) is 6.50. The lowest BCUT2D eigenvalue weighted by atomic mass is 10.2. The molecule has 3 aromatic heterocycles. The van der Waals surface area contributed by atoms with E-state index >= 15 is 0 Å². The molecular formula is C20H24N6O2. The van der Waals surface area contributed by atoms with Crippen molar-refractivity contribution in [1.82, 2.24) is 30.3 Å². The molecule has 8 heteroatoms. The van der Waals surface area contributed by atoms with Crippen LogP contribution in [0.25, 0.3) is 11.4 Å². The van der Waals surface area contributed by atoms with Crippen LogP contribution in [0.4, 0.5) is 4.79 Å². The van der Waals surface area contributed by atoms with E-state index in [-0.39, 0.29) is 6.03 Å². The molecule has 0 aliphatic rings. The summed E-state index contributed by atoms with van der Waals surface area (Å²) in [5.74, 6) is 0.827. The lowest BCUT2D eigenvalue weighted by Crippen LogP contribution is -2.41. The third-order valence-electron chi connectivity index (χ3n) is 4.26. The summed E-state index contributed by atoms with van der Waals surface area (Å²) in [5.41, 5.74) is 1.80. The molecule has 1 atom stereocenters. The molecule has 0 saturated heterocycles. The van der Waals surface area contributed by atoms with Crippen LogP contribution in [0.2, 0.25) is 0 Å². The van der Waals surface area contributed by atoms with Crippen molar-refractivity contribution in [3.8, 4) is 11.4 Å². The fourth-order valence-corrected chi connectivity index (χ4v) is 2.68. The van der Waals surface area contributed by atoms with Gasteiger partial charge in [0.1, 0.15) is 6.04 Å². The van der Waals surface area contributed by atoms with Gasteiger partial charge in [0.25, 0.3) is 0 Å². The van der Waals surface area contributed by atoms with Crippen LogP contribution < -0.4 is 5.32 Å². The standard InChI is InChI=1S/C20H24N6O2/c1-3-4-12-26(14-16-6-5-9-22-13-16)20(27)23-15(2)19-24-18(25-28-19)17-7-10-21-11-8-17/h5-11,13,15H,3-4,12,14H2,1-2H3,(H,23,27). The minimum Gasteiger partial charge on any atom is -0.337 e. The summed E-state index contributed by atoms with van der Waals surface area (Å²) in [6, 6.07) is 6.85. The van der Waals surface area contributed by atoms with E-state index in [0.717, 1.165) is 24.0 Å². The van der Waals surface area contributed by atoms with E-state index in [0.29, 0.717) is 24.8 Å². The number of amides is 2. The number of rotatable bonds is 8. The van der Waals surface area contributed by atoms with Crippen molar-refractivity contribution >= 4 is 6.03 Å².